The van der Waals surface area contributed by atoms with Crippen LogP contribution in [0.1, 0.15) is 20.3 Å². The number of alkyl halides is 2. The maximum Gasteiger partial charge on any atom is 0.266 e. The molecule has 0 bridgehead atoms. The summed E-state index contributed by atoms with van der Waals surface area (Å²) in [4.78, 5) is 0. The molecule has 0 nitrogen and oxygen atoms in total. The van der Waals surface area contributed by atoms with Crippen LogP contribution in [0.25, 0.3) is 0 Å². The van der Waals surface area contributed by atoms with Crippen molar-refractivity contribution >= 4 is 0 Å². The lowest BCUT2D eigenvalue weighted by Gasteiger charge is -2.05. The topological polar surface area (TPSA) is 0 Å². The van der Waals surface area contributed by atoms with E-state index < -0.39 is 5.92 Å². The van der Waals surface area contributed by atoms with Gasteiger partial charge in [0.25, 0.3) is 5.92 Å². The number of rotatable bonds is 2. The highest BCUT2D eigenvalue weighted by atomic mass is 19.3. The van der Waals surface area contributed by atoms with Gasteiger partial charge in [0.1, 0.15) is 0 Å². The van der Waals surface area contributed by atoms with Crippen molar-refractivity contribution in [3.05, 3.63) is 12.2 Å². The molecule has 0 rings (SSSR count). The van der Waals surface area contributed by atoms with E-state index in [9.17, 15) is 8.78 Å². The molecule has 0 radical (unpaired) electrons. The summed E-state index contributed by atoms with van der Waals surface area (Å²) in [5.41, 5.74) is 0. The molecule has 48 valence electrons. The van der Waals surface area contributed by atoms with Crippen LogP contribution in [0.15, 0.2) is 12.2 Å². The van der Waals surface area contributed by atoms with Gasteiger partial charge in [-0.25, -0.2) is 8.78 Å². The number of halogens is 2. The van der Waals surface area contributed by atoms with Gasteiger partial charge in [-0.05, 0) is 13.0 Å². The quantitative estimate of drug-likeness (QED) is 0.491. The molecule has 8 heavy (non-hydrogen) atoms. The fourth-order valence-electron chi connectivity index (χ4n) is 0.362. The molecule has 0 aliphatic heterocycles. The molecule has 0 spiro atoms. The van der Waals surface area contributed by atoms with Crippen LogP contribution in [0.2, 0.25) is 0 Å². The Morgan fingerprint density at radius 1 is 1.50 bits per heavy atom. The molecule has 0 unspecified atom stereocenters. The van der Waals surface area contributed by atoms with Crippen molar-refractivity contribution in [2.24, 2.45) is 0 Å². The van der Waals surface area contributed by atoms with Gasteiger partial charge in [0.05, 0.1) is 0 Å². The average Bonchev–Trinajstić information content (AvgIpc) is 1.67. The van der Waals surface area contributed by atoms with E-state index in [2.05, 4.69) is 0 Å². The molecule has 0 fully saturated rings. The molecule has 0 atom stereocenters. The van der Waals surface area contributed by atoms with E-state index in [-0.39, 0.29) is 6.42 Å². The van der Waals surface area contributed by atoms with E-state index in [0.717, 1.165) is 6.08 Å². The summed E-state index contributed by atoms with van der Waals surface area (Å²) in [5.74, 6) is -2.59. The van der Waals surface area contributed by atoms with Gasteiger partial charge in [-0.1, -0.05) is 13.0 Å². The summed E-state index contributed by atoms with van der Waals surface area (Å²) in [7, 11) is 0. The second kappa shape index (κ2) is 2.80. The lowest BCUT2D eigenvalue weighted by molar-refractivity contribution is 0.0510. The van der Waals surface area contributed by atoms with E-state index in [1.165, 1.54) is 13.0 Å². The van der Waals surface area contributed by atoms with Gasteiger partial charge in [0.15, 0.2) is 0 Å². The molecule has 0 aromatic carbocycles. The van der Waals surface area contributed by atoms with Crippen LogP contribution in [0.4, 0.5) is 8.78 Å². The second-order valence-electron chi connectivity index (χ2n) is 1.61. The first-order valence-corrected chi connectivity index (χ1v) is 2.64. The lowest BCUT2D eigenvalue weighted by atomic mass is 10.2. The fourth-order valence-corrected chi connectivity index (χ4v) is 0.362. The van der Waals surface area contributed by atoms with Crippen LogP contribution in [-0.2, 0) is 0 Å². The number of hydrogen-bond acceptors (Lipinski definition) is 0. The molecular formula is C6H10F2. The van der Waals surface area contributed by atoms with Crippen LogP contribution in [0.3, 0.4) is 0 Å². The van der Waals surface area contributed by atoms with E-state index in [1.807, 2.05) is 0 Å². The van der Waals surface area contributed by atoms with Crippen molar-refractivity contribution in [3.8, 4) is 0 Å². The Labute approximate surface area is 48.2 Å². The van der Waals surface area contributed by atoms with Gasteiger partial charge in [-0.3, -0.25) is 0 Å². The van der Waals surface area contributed by atoms with Gasteiger partial charge < -0.3 is 0 Å². The third-order valence-corrected chi connectivity index (χ3v) is 0.882. The van der Waals surface area contributed by atoms with Crippen molar-refractivity contribution in [2.75, 3.05) is 0 Å². The van der Waals surface area contributed by atoms with Crippen molar-refractivity contribution in [2.45, 2.75) is 26.2 Å². The Morgan fingerprint density at radius 2 is 2.00 bits per heavy atom. The van der Waals surface area contributed by atoms with E-state index in [4.69, 9.17) is 0 Å². The van der Waals surface area contributed by atoms with Crippen LogP contribution in [-0.4, -0.2) is 5.92 Å². The number of allylic oxidation sites excluding steroid dienone is 2. The summed E-state index contributed by atoms with van der Waals surface area (Å²) in [5, 5.41) is 0. The van der Waals surface area contributed by atoms with Crippen molar-refractivity contribution in [3.63, 3.8) is 0 Å². The zero-order valence-electron chi connectivity index (χ0n) is 5.12. The smallest absolute Gasteiger partial charge is 0.202 e. The van der Waals surface area contributed by atoms with Gasteiger partial charge in [0.2, 0.25) is 0 Å². The molecule has 0 N–H and O–H groups in total. The highest BCUT2D eigenvalue weighted by Gasteiger charge is 2.20. The highest BCUT2D eigenvalue weighted by Crippen LogP contribution is 2.18. The minimum Gasteiger partial charge on any atom is -0.202 e. The Hall–Kier alpha value is -0.400. The largest absolute Gasteiger partial charge is 0.266 e. The lowest BCUT2D eigenvalue weighted by Crippen LogP contribution is -2.08. The molecule has 0 aromatic heterocycles. The summed E-state index contributed by atoms with van der Waals surface area (Å²) in [6, 6.07) is 0. The number of hydrogen-bond donors (Lipinski definition) is 0. The summed E-state index contributed by atoms with van der Waals surface area (Å²) >= 11 is 0. The van der Waals surface area contributed by atoms with E-state index in [1.54, 1.807) is 6.92 Å². The fraction of sp³-hybridized carbons (Fsp3) is 0.667. The second-order valence-corrected chi connectivity index (χ2v) is 1.61. The van der Waals surface area contributed by atoms with Gasteiger partial charge in [-0.2, -0.15) is 0 Å². The monoisotopic (exact) mass is 120 g/mol. The molecule has 0 heterocycles. The predicted octanol–water partition coefficient (Wildman–Crippen LogP) is 2.61. The van der Waals surface area contributed by atoms with Crippen LogP contribution < -0.4 is 0 Å². The Kier molecular flexibility index (Phi) is 2.66. The summed E-state index contributed by atoms with van der Waals surface area (Å²) < 4.78 is 24.1. The SMILES string of the molecule is C/C=C\C(F)(F)CC. The molecule has 2 heteroatoms. The molecule has 0 amide bonds. The highest BCUT2D eigenvalue weighted by molar-refractivity contribution is 4.91. The average molecular weight is 120 g/mol. The normalized spacial score (nSPS) is 13.0. The maximum absolute atomic E-state index is 12.1. The zero-order valence-corrected chi connectivity index (χ0v) is 5.12. The van der Waals surface area contributed by atoms with Crippen molar-refractivity contribution in [1.29, 1.82) is 0 Å². The zero-order chi connectivity index (χ0) is 6.62. The standard InChI is InChI=1S/C6H10F2/c1-3-5-6(7,8)4-2/h3,5H,4H2,1-2H3/b5-3-. The first kappa shape index (κ1) is 7.60. The van der Waals surface area contributed by atoms with Crippen LogP contribution in [0.5, 0.6) is 0 Å². The van der Waals surface area contributed by atoms with E-state index >= 15 is 0 Å². The first-order chi connectivity index (χ1) is 3.62. The summed E-state index contributed by atoms with van der Waals surface area (Å²) in [6.45, 7) is 3.05. The van der Waals surface area contributed by atoms with Crippen molar-refractivity contribution < 1.29 is 8.78 Å². The van der Waals surface area contributed by atoms with E-state index in [0.29, 0.717) is 0 Å². The molecule has 0 saturated heterocycles. The third-order valence-electron chi connectivity index (χ3n) is 0.882. The maximum atomic E-state index is 12.1. The van der Waals surface area contributed by atoms with Crippen LogP contribution in [0, 0.1) is 0 Å². The first-order valence-electron chi connectivity index (χ1n) is 2.64. The van der Waals surface area contributed by atoms with Gasteiger partial charge in [0, 0.05) is 6.42 Å². The van der Waals surface area contributed by atoms with Gasteiger partial charge >= 0.3 is 0 Å². The Balaban J connectivity index is 3.71. The summed E-state index contributed by atoms with van der Waals surface area (Å²) in [6.07, 6.45) is 2.16. The molecule has 0 aromatic rings. The van der Waals surface area contributed by atoms with Crippen LogP contribution >= 0.6 is 0 Å². The minimum atomic E-state index is -2.59. The van der Waals surface area contributed by atoms with Crippen molar-refractivity contribution in [1.82, 2.24) is 0 Å². The Morgan fingerprint density at radius 3 is 2.12 bits per heavy atom. The minimum absolute atomic E-state index is 0.114. The molecule has 0 aliphatic rings. The molecular weight excluding hydrogens is 110 g/mol. The molecule has 0 saturated carbocycles. The molecule has 0 aliphatic carbocycles. The third kappa shape index (κ3) is 2.72. The predicted molar refractivity (Wildman–Crippen MR) is 30.1 cm³/mol. The Bertz CT molecular complexity index is 84.5. The van der Waals surface area contributed by atoms with Gasteiger partial charge in [-0.15, -0.1) is 0 Å².